The Kier molecular flexibility index (Phi) is 4.35. The lowest BCUT2D eigenvalue weighted by atomic mass is 10.2. The Hall–Kier alpha value is -3.22. The number of non-ortho nitro benzene ring substituents is 1. The van der Waals surface area contributed by atoms with E-state index in [0.29, 0.717) is 10.9 Å². The molecule has 2 aromatic carbocycles. The van der Waals surface area contributed by atoms with E-state index in [1.54, 1.807) is 46.0 Å². The summed E-state index contributed by atoms with van der Waals surface area (Å²) in [5.74, 6) is -0.397. The van der Waals surface area contributed by atoms with Crippen molar-refractivity contribution in [1.29, 1.82) is 0 Å². The lowest BCUT2D eigenvalue weighted by Crippen LogP contribution is -2.35. The van der Waals surface area contributed by atoms with Crippen LogP contribution < -0.4 is 0 Å². The van der Waals surface area contributed by atoms with Crippen molar-refractivity contribution >= 4 is 22.5 Å². The summed E-state index contributed by atoms with van der Waals surface area (Å²) in [5, 5.41) is 11.6. The molecule has 0 spiro atoms. The van der Waals surface area contributed by atoms with Crippen molar-refractivity contribution in [3.8, 4) is 0 Å². The van der Waals surface area contributed by atoms with Crippen molar-refractivity contribution in [2.75, 3.05) is 0 Å². The zero-order valence-electron chi connectivity index (χ0n) is 14.5. The molecule has 1 saturated carbocycles. The summed E-state index contributed by atoms with van der Waals surface area (Å²) in [7, 11) is 0. The molecule has 7 heteroatoms. The van der Waals surface area contributed by atoms with Gasteiger partial charge in [0.1, 0.15) is 12.4 Å². The quantitative estimate of drug-likeness (QED) is 0.490. The van der Waals surface area contributed by atoms with Crippen LogP contribution in [0.4, 0.5) is 10.1 Å². The van der Waals surface area contributed by atoms with Crippen molar-refractivity contribution in [3.05, 3.63) is 76.2 Å². The molecule has 1 amide bonds. The summed E-state index contributed by atoms with van der Waals surface area (Å²) >= 11 is 0. The van der Waals surface area contributed by atoms with Crippen molar-refractivity contribution < 1.29 is 14.1 Å². The molecule has 0 N–H and O–H groups in total. The van der Waals surface area contributed by atoms with Gasteiger partial charge in [-0.25, -0.2) is 4.39 Å². The van der Waals surface area contributed by atoms with Crippen molar-refractivity contribution in [2.45, 2.75) is 32.0 Å². The molecule has 1 aromatic heterocycles. The van der Waals surface area contributed by atoms with Crippen molar-refractivity contribution in [2.24, 2.45) is 0 Å². The average Bonchev–Trinajstić information content (AvgIpc) is 3.42. The van der Waals surface area contributed by atoms with Crippen LogP contribution >= 0.6 is 0 Å². The van der Waals surface area contributed by atoms with Crippen molar-refractivity contribution in [1.82, 2.24) is 9.47 Å². The van der Waals surface area contributed by atoms with E-state index in [0.717, 1.165) is 18.4 Å². The van der Waals surface area contributed by atoms with E-state index in [1.165, 1.54) is 18.2 Å². The minimum Gasteiger partial charge on any atom is -0.338 e. The van der Waals surface area contributed by atoms with E-state index in [4.69, 9.17) is 0 Å². The van der Waals surface area contributed by atoms with Crippen LogP contribution in [0.25, 0.3) is 10.9 Å². The molecule has 0 unspecified atom stereocenters. The second kappa shape index (κ2) is 6.83. The first-order valence-corrected chi connectivity index (χ1v) is 8.79. The standard InChI is InChI=1S/C20H18FN3O3/c21-18-4-2-1-3-15(18)12-23(16-5-6-16)20(25)13-22-10-9-14-11-17(24(26)27)7-8-19(14)22/h1-4,7-11,16H,5-6,12-13H2. The molecule has 1 heterocycles. The van der Waals surface area contributed by atoms with E-state index in [2.05, 4.69) is 0 Å². The number of nitro benzene ring substituents is 1. The minimum absolute atomic E-state index is 0.0192. The summed E-state index contributed by atoms with van der Waals surface area (Å²) in [4.78, 5) is 25.1. The highest BCUT2D eigenvalue weighted by atomic mass is 19.1. The molecule has 0 radical (unpaired) electrons. The lowest BCUT2D eigenvalue weighted by molar-refractivity contribution is -0.384. The van der Waals surface area contributed by atoms with Gasteiger partial charge in [0.15, 0.2) is 0 Å². The highest BCUT2D eigenvalue weighted by Gasteiger charge is 2.33. The molecule has 0 saturated heterocycles. The third kappa shape index (κ3) is 3.53. The molecule has 0 bridgehead atoms. The monoisotopic (exact) mass is 367 g/mol. The van der Waals surface area contributed by atoms with Gasteiger partial charge in [-0.15, -0.1) is 0 Å². The van der Waals surface area contributed by atoms with Gasteiger partial charge in [0.2, 0.25) is 5.91 Å². The van der Waals surface area contributed by atoms with E-state index in [-0.39, 0.29) is 36.5 Å². The maximum Gasteiger partial charge on any atom is 0.270 e. The number of nitrogens with zero attached hydrogens (tertiary/aromatic N) is 3. The van der Waals surface area contributed by atoms with Crippen LogP contribution in [0.5, 0.6) is 0 Å². The van der Waals surface area contributed by atoms with E-state index < -0.39 is 4.92 Å². The van der Waals surface area contributed by atoms with Gasteiger partial charge in [0.25, 0.3) is 5.69 Å². The predicted molar refractivity (Wildman–Crippen MR) is 98.6 cm³/mol. The van der Waals surface area contributed by atoms with Crippen LogP contribution in [0.1, 0.15) is 18.4 Å². The summed E-state index contributed by atoms with van der Waals surface area (Å²) in [6, 6.07) is 13.0. The number of halogens is 1. The summed E-state index contributed by atoms with van der Waals surface area (Å²) in [6.07, 6.45) is 3.61. The molecule has 1 aliphatic rings. The van der Waals surface area contributed by atoms with Gasteiger partial charge in [0, 0.05) is 47.4 Å². The number of benzene rings is 2. The van der Waals surface area contributed by atoms with Gasteiger partial charge in [-0.2, -0.15) is 0 Å². The van der Waals surface area contributed by atoms with Crippen LogP contribution in [0.3, 0.4) is 0 Å². The van der Waals surface area contributed by atoms with Crippen molar-refractivity contribution in [3.63, 3.8) is 0 Å². The molecule has 27 heavy (non-hydrogen) atoms. The smallest absolute Gasteiger partial charge is 0.270 e. The molecular weight excluding hydrogens is 349 g/mol. The number of amides is 1. The molecule has 138 valence electrons. The summed E-state index contributed by atoms with van der Waals surface area (Å²) in [5.41, 5.74) is 1.28. The fraction of sp³-hybridized carbons (Fsp3) is 0.250. The molecule has 1 aliphatic carbocycles. The molecule has 4 rings (SSSR count). The van der Waals surface area contributed by atoms with Gasteiger partial charge in [-0.3, -0.25) is 14.9 Å². The number of rotatable bonds is 6. The largest absolute Gasteiger partial charge is 0.338 e. The number of nitro groups is 1. The first-order chi connectivity index (χ1) is 13.0. The minimum atomic E-state index is -0.439. The second-order valence-electron chi connectivity index (χ2n) is 6.79. The maximum atomic E-state index is 14.0. The van der Waals surface area contributed by atoms with Crippen LogP contribution in [0.2, 0.25) is 0 Å². The zero-order valence-corrected chi connectivity index (χ0v) is 14.5. The summed E-state index contributed by atoms with van der Waals surface area (Å²) < 4.78 is 15.8. The number of hydrogen-bond acceptors (Lipinski definition) is 3. The SMILES string of the molecule is O=C(Cn1ccc2cc([N+](=O)[O-])ccc21)N(Cc1ccccc1F)C1CC1. The Morgan fingerprint density at radius 3 is 2.70 bits per heavy atom. The average molecular weight is 367 g/mol. The normalized spacial score (nSPS) is 13.7. The van der Waals surface area contributed by atoms with E-state index in [1.807, 2.05) is 0 Å². The third-order valence-electron chi connectivity index (χ3n) is 4.88. The van der Waals surface area contributed by atoms with Gasteiger partial charge >= 0.3 is 0 Å². The van der Waals surface area contributed by atoms with Gasteiger partial charge in [-0.05, 0) is 31.0 Å². The topological polar surface area (TPSA) is 68.4 Å². The van der Waals surface area contributed by atoms with Gasteiger partial charge in [-0.1, -0.05) is 18.2 Å². The maximum absolute atomic E-state index is 14.0. The first kappa shape index (κ1) is 17.2. The Morgan fingerprint density at radius 1 is 1.22 bits per heavy atom. The fourth-order valence-electron chi connectivity index (χ4n) is 3.29. The van der Waals surface area contributed by atoms with Crippen LogP contribution in [-0.2, 0) is 17.9 Å². The highest BCUT2D eigenvalue weighted by Crippen LogP contribution is 2.30. The molecule has 3 aromatic rings. The Labute approximate surface area is 155 Å². The predicted octanol–water partition coefficient (Wildman–Crippen LogP) is 3.88. The van der Waals surface area contributed by atoms with Crippen LogP contribution in [-0.4, -0.2) is 26.3 Å². The first-order valence-electron chi connectivity index (χ1n) is 8.79. The zero-order chi connectivity index (χ0) is 19.0. The molecular formula is C20H18FN3O3. The van der Waals surface area contributed by atoms with Gasteiger partial charge < -0.3 is 9.47 Å². The number of carbonyl (C=O) groups is 1. The Balaban J connectivity index is 1.55. The third-order valence-corrected chi connectivity index (χ3v) is 4.88. The molecule has 0 aliphatic heterocycles. The molecule has 6 nitrogen and oxygen atoms in total. The number of hydrogen-bond donors (Lipinski definition) is 0. The number of carbonyl (C=O) groups excluding carboxylic acids is 1. The number of fused-ring (bicyclic) bond motifs is 1. The summed E-state index contributed by atoms with van der Waals surface area (Å²) in [6.45, 7) is 0.368. The highest BCUT2D eigenvalue weighted by molar-refractivity contribution is 5.85. The Bertz CT molecular complexity index is 1030. The second-order valence-corrected chi connectivity index (χ2v) is 6.79. The molecule has 1 fully saturated rings. The Morgan fingerprint density at radius 2 is 2.00 bits per heavy atom. The fourth-order valence-corrected chi connectivity index (χ4v) is 3.29. The van der Waals surface area contributed by atoms with Crippen LogP contribution in [0, 0.1) is 15.9 Å². The van der Waals surface area contributed by atoms with Crippen LogP contribution in [0.15, 0.2) is 54.7 Å². The van der Waals surface area contributed by atoms with Gasteiger partial charge in [0.05, 0.1) is 4.92 Å². The lowest BCUT2D eigenvalue weighted by Gasteiger charge is -2.23. The van der Waals surface area contributed by atoms with E-state index in [9.17, 15) is 19.3 Å². The number of aromatic nitrogens is 1. The molecule has 0 atom stereocenters. The van der Waals surface area contributed by atoms with E-state index >= 15 is 0 Å².